The third-order valence-corrected chi connectivity index (χ3v) is 4.30. The van der Waals surface area contributed by atoms with Crippen molar-refractivity contribution < 1.29 is 14.1 Å². The Morgan fingerprint density at radius 2 is 2.20 bits per heavy atom. The number of anilines is 1. The van der Waals surface area contributed by atoms with E-state index in [1.807, 2.05) is 0 Å². The topological polar surface area (TPSA) is 105 Å². The number of carbonyl (C=O) groups excluding carboxylic acids is 1. The van der Waals surface area contributed by atoms with Crippen LogP contribution in [0.25, 0.3) is 0 Å². The maximum Gasteiger partial charge on any atom is 0.323 e. The lowest BCUT2D eigenvalue weighted by Gasteiger charge is -2.17. The van der Waals surface area contributed by atoms with E-state index in [2.05, 4.69) is 15.7 Å². The van der Waals surface area contributed by atoms with E-state index in [0.29, 0.717) is 12.1 Å². The van der Waals surface area contributed by atoms with Gasteiger partial charge in [-0.25, -0.2) is 4.79 Å². The van der Waals surface area contributed by atoms with Crippen LogP contribution in [0, 0.1) is 0 Å². The van der Waals surface area contributed by atoms with Crippen molar-refractivity contribution in [2.45, 2.75) is 38.2 Å². The molecule has 2 aliphatic carbocycles. The standard InChI is InChI=1S/C13H16N3O3S/c14-20(19)16-13(18)15-12-9-3-1-2-7(9)6-8-4-5-10(17)11(8)12/h6,10,17H,1-5H2,(H3,14,15,16,18,19)/q-1. The molecular formula is C13H16N3O3S-. The largest absolute Gasteiger partial charge is 0.430 e. The summed E-state index contributed by atoms with van der Waals surface area (Å²) in [6.45, 7) is 0. The van der Waals surface area contributed by atoms with Crippen LogP contribution >= 0.6 is 0 Å². The third-order valence-electron chi connectivity index (χ3n) is 3.95. The number of aliphatic hydroxyl groups excluding tert-OH is 1. The zero-order valence-electron chi connectivity index (χ0n) is 10.9. The van der Waals surface area contributed by atoms with Crippen molar-refractivity contribution in [3.05, 3.63) is 28.3 Å². The van der Waals surface area contributed by atoms with Crippen LogP contribution < -0.4 is 10.5 Å². The van der Waals surface area contributed by atoms with E-state index in [0.717, 1.165) is 42.4 Å². The molecule has 20 heavy (non-hydrogen) atoms. The fraction of sp³-hybridized carbons (Fsp3) is 0.462. The molecule has 0 spiro atoms. The predicted molar refractivity (Wildman–Crippen MR) is 75.4 cm³/mol. The van der Waals surface area contributed by atoms with Crippen LogP contribution in [0.2, 0.25) is 0 Å². The molecule has 2 amide bonds. The second kappa shape index (κ2) is 5.16. The Morgan fingerprint density at radius 3 is 2.95 bits per heavy atom. The predicted octanol–water partition coefficient (Wildman–Crippen LogP) is 1.71. The molecular weight excluding hydrogens is 278 g/mol. The minimum absolute atomic E-state index is 0.561. The molecule has 3 rings (SSSR count). The van der Waals surface area contributed by atoms with Crippen molar-refractivity contribution in [2.75, 3.05) is 5.32 Å². The van der Waals surface area contributed by atoms with Crippen molar-refractivity contribution in [3.63, 3.8) is 0 Å². The first-order valence-corrected chi connectivity index (χ1v) is 7.78. The first kappa shape index (κ1) is 13.5. The fourth-order valence-electron chi connectivity index (χ4n) is 3.20. The Kier molecular flexibility index (Phi) is 3.49. The summed E-state index contributed by atoms with van der Waals surface area (Å²) in [5.74, 6) is 0. The molecule has 1 aromatic rings. The number of nitrogens with two attached hydrogens (primary N) is 1. The van der Waals surface area contributed by atoms with Gasteiger partial charge in [-0.2, -0.15) is 0 Å². The average Bonchev–Trinajstić information content (AvgIpc) is 2.95. The average molecular weight is 294 g/mol. The second-order valence-electron chi connectivity index (χ2n) is 5.17. The normalized spacial score (nSPS) is 21.6. The second-order valence-corrected chi connectivity index (χ2v) is 5.90. The summed E-state index contributed by atoms with van der Waals surface area (Å²) in [7, 11) is -2.02. The lowest BCUT2D eigenvalue weighted by Crippen LogP contribution is -2.13. The van der Waals surface area contributed by atoms with Gasteiger partial charge in [0.15, 0.2) is 0 Å². The molecule has 0 fully saturated rings. The lowest BCUT2D eigenvalue weighted by molar-refractivity contribution is 0.180. The molecule has 0 aromatic heterocycles. The molecule has 0 bridgehead atoms. The van der Waals surface area contributed by atoms with Gasteiger partial charge >= 0.3 is 6.03 Å². The van der Waals surface area contributed by atoms with Crippen molar-refractivity contribution in [1.82, 2.24) is 0 Å². The number of hydrogen-bond acceptors (Lipinski definition) is 4. The first-order valence-electron chi connectivity index (χ1n) is 6.61. The van der Waals surface area contributed by atoms with Gasteiger partial charge in [0.25, 0.3) is 0 Å². The van der Waals surface area contributed by atoms with Crippen LogP contribution in [-0.4, -0.2) is 11.1 Å². The summed E-state index contributed by atoms with van der Waals surface area (Å²) in [5, 5.41) is 17.8. The number of amides is 2. The third kappa shape index (κ3) is 2.32. The number of fused-ring (bicyclic) bond motifs is 2. The van der Waals surface area contributed by atoms with Crippen LogP contribution in [0.3, 0.4) is 0 Å². The fourth-order valence-corrected chi connectivity index (χ4v) is 3.41. The molecule has 108 valence electrons. The summed E-state index contributed by atoms with van der Waals surface area (Å²) in [6, 6.07) is 1.41. The van der Waals surface area contributed by atoms with Gasteiger partial charge in [0.05, 0.1) is 11.8 Å². The maximum absolute atomic E-state index is 11.7. The van der Waals surface area contributed by atoms with Crippen molar-refractivity contribution >= 4 is 22.5 Å². The van der Waals surface area contributed by atoms with Crippen LogP contribution in [0.4, 0.5) is 10.5 Å². The minimum Gasteiger partial charge on any atom is -0.430 e. The van der Waals surface area contributed by atoms with E-state index < -0.39 is 22.9 Å². The number of benzene rings is 1. The Labute approximate surface area is 118 Å². The first-order chi connectivity index (χ1) is 9.56. The van der Waals surface area contributed by atoms with Gasteiger partial charge in [0, 0.05) is 5.56 Å². The highest BCUT2D eigenvalue weighted by atomic mass is 32.2. The summed E-state index contributed by atoms with van der Waals surface area (Å²) in [5.41, 5.74) is 4.82. The van der Waals surface area contributed by atoms with Gasteiger partial charge in [0.2, 0.25) is 0 Å². The Balaban J connectivity index is 2.07. The molecule has 1 atom stereocenters. The SMILES string of the molecule is N[S-](=O)=NC(=O)Nc1c2c(cc3c1C(O)CC3)CCC2. The number of aliphatic hydroxyl groups is 1. The van der Waals surface area contributed by atoms with E-state index >= 15 is 0 Å². The van der Waals surface area contributed by atoms with Crippen molar-refractivity contribution in [2.24, 2.45) is 9.50 Å². The number of urea groups is 1. The maximum atomic E-state index is 11.7. The molecule has 7 heteroatoms. The van der Waals surface area contributed by atoms with Crippen LogP contribution in [-0.2, 0) is 34.3 Å². The molecule has 0 saturated carbocycles. The Morgan fingerprint density at radius 1 is 1.40 bits per heavy atom. The lowest BCUT2D eigenvalue weighted by atomic mass is 9.98. The summed E-state index contributed by atoms with van der Waals surface area (Å²) < 4.78 is 14.1. The van der Waals surface area contributed by atoms with E-state index in [-0.39, 0.29) is 0 Å². The smallest absolute Gasteiger partial charge is 0.323 e. The molecule has 0 aliphatic heterocycles. The monoisotopic (exact) mass is 294 g/mol. The van der Waals surface area contributed by atoms with E-state index in [4.69, 9.17) is 5.14 Å². The zero-order valence-corrected chi connectivity index (χ0v) is 11.7. The highest BCUT2D eigenvalue weighted by Gasteiger charge is 2.29. The van der Waals surface area contributed by atoms with Gasteiger partial charge in [-0.05, 0) is 48.8 Å². The number of aryl methyl sites for hydroxylation is 2. The summed E-state index contributed by atoms with van der Waals surface area (Å²) in [4.78, 5) is 11.7. The quantitative estimate of drug-likeness (QED) is 0.686. The van der Waals surface area contributed by atoms with E-state index in [9.17, 15) is 14.1 Å². The molecule has 2 aliphatic rings. The molecule has 6 nitrogen and oxygen atoms in total. The highest BCUT2D eigenvalue weighted by molar-refractivity contribution is 7.72. The number of rotatable bonds is 1. The van der Waals surface area contributed by atoms with Crippen LogP contribution in [0.15, 0.2) is 10.4 Å². The Bertz CT molecular complexity index is 665. The molecule has 1 unspecified atom stereocenters. The molecule has 1 aromatic carbocycles. The van der Waals surface area contributed by atoms with Gasteiger partial charge in [-0.15, -0.1) is 10.8 Å². The Hall–Kier alpha value is -1.44. The highest BCUT2D eigenvalue weighted by Crippen LogP contribution is 2.42. The molecule has 4 N–H and O–H groups in total. The number of hydrogen-bond donors (Lipinski definition) is 3. The van der Waals surface area contributed by atoms with Crippen LogP contribution in [0.5, 0.6) is 0 Å². The van der Waals surface area contributed by atoms with Gasteiger partial charge < -0.3 is 24.1 Å². The minimum atomic E-state index is -2.02. The van der Waals surface area contributed by atoms with Gasteiger partial charge in [0.1, 0.15) is 0 Å². The molecule has 0 saturated heterocycles. The van der Waals surface area contributed by atoms with E-state index in [1.165, 1.54) is 5.56 Å². The van der Waals surface area contributed by atoms with Crippen molar-refractivity contribution in [1.29, 1.82) is 0 Å². The van der Waals surface area contributed by atoms with Gasteiger partial charge in [-0.3, -0.25) is 0 Å². The summed E-state index contributed by atoms with van der Waals surface area (Å²) in [6.07, 6.45) is 3.82. The zero-order chi connectivity index (χ0) is 14.3. The number of nitrogens with one attached hydrogen (secondary N) is 1. The van der Waals surface area contributed by atoms with Crippen molar-refractivity contribution in [3.8, 4) is 0 Å². The molecule has 0 heterocycles. The summed E-state index contributed by atoms with van der Waals surface area (Å²) >= 11 is 0. The molecule has 0 radical (unpaired) electrons. The number of carbonyl (C=O) groups is 1. The van der Waals surface area contributed by atoms with Gasteiger partial charge in [-0.1, -0.05) is 6.07 Å². The number of nitrogens with zero attached hydrogens (tertiary/aromatic N) is 1. The van der Waals surface area contributed by atoms with Crippen LogP contribution in [0.1, 0.15) is 41.2 Å². The van der Waals surface area contributed by atoms with E-state index in [1.54, 1.807) is 0 Å².